The Hall–Kier alpha value is -1.50. The molecule has 1 aliphatic rings. The lowest BCUT2D eigenvalue weighted by Crippen LogP contribution is -2.48. The van der Waals surface area contributed by atoms with Crippen molar-refractivity contribution >= 4 is 23.3 Å². The van der Waals surface area contributed by atoms with Gasteiger partial charge in [-0.3, -0.25) is 4.79 Å². The van der Waals surface area contributed by atoms with E-state index >= 15 is 0 Å². The zero-order valence-corrected chi connectivity index (χ0v) is 11.5. The minimum Gasteiger partial charge on any atom is -0.352 e. The molecule has 1 amide bonds. The van der Waals surface area contributed by atoms with Crippen LogP contribution in [-0.4, -0.2) is 42.0 Å². The number of piperazine rings is 1. The van der Waals surface area contributed by atoms with Crippen molar-refractivity contribution in [3.8, 4) is 0 Å². The Morgan fingerprint density at radius 3 is 2.35 bits per heavy atom. The molecule has 20 heavy (non-hydrogen) atoms. The third-order valence-corrected chi connectivity index (χ3v) is 3.45. The summed E-state index contributed by atoms with van der Waals surface area (Å²) in [6.07, 6.45) is -3.68. The van der Waals surface area contributed by atoms with Crippen LogP contribution in [0.15, 0.2) is 12.3 Å². The van der Waals surface area contributed by atoms with Gasteiger partial charge in [-0.2, -0.15) is 13.2 Å². The summed E-state index contributed by atoms with van der Waals surface area (Å²) in [4.78, 5) is 18.5. The molecule has 0 N–H and O–H groups in total. The molecular formula is C12H13ClF3N3O. The van der Waals surface area contributed by atoms with Crippen LogP contribution >= 0.6 is 11.6 Å². The quantitative estimate of drug-likeness (QED) is 0.799. The first-order chi connectivity index (χ1) is 9.29. The second kappa shape index (κ2) is 5.47. The number of alkyl halides is 3. The predicted molar refractivity (Wildman–Crippen MR) is 68.7 cm³/mol. The van der Waals surface area contributed by atoms with E-state index in [0.717, 1.165) is 12.3 Å². The van der Waals surface area contributed by atoms with Gasteiger partial charge in [-0.15, -0.1) is 0 Å². The van der Waals surface area contributed by atoms with Crippen molar-refractivity contribution in [3.05, 3.63) is 22.8 Å². The Morgan fingerprint density at radius 1 is 1.30 bits per heavy atom. The number of hydrogen-bond donors (Lipinski definition) is 0. The fourth-order valence-corrected chi connectivity index (χ4v) is 2.34. The fourth-order valence-electron chi connectivity index (χ4n) is 2.05. The van der Waals surface area contributed by atoms with Crippen LogP contribution < -0.4 is 4.90 Å². The lowest BCUT2D eigenvalue weighted by atomic mass is 10.2. The molecule has 0 unspecified atom stereocenters. The highest BCUT2D eigenvalue weighted by Gasteiger charge is 2.32. The molecule has 1 aromatic heterocycles. The Balaban J connectivity index is 2.13. The summed E-state index contributed by atoms with van der Waals surface area (Å²) >= 11 is 5.88. The van der Waals surface area contributed by atoms with Crippen LogP contribution in [0.2, 0.25) is 5.02 Å². The second-order valence-corrected chi connectivity index (χ2v) is 4.93. The number of anilines is 1. The number of halogens is 4. The van der Waals surface area contributed by atoms with Crippen molar-refractivity contribution in [2.24, 2.45) is 0 Å². The molecule has 1 aliphatic heterocycles. The molecule has 0 saturated carbocycles. The summed E-state index contributed by atoms with van der Waals surface area (Å²) in [7, 11) is 0. The molecule has 1 fully saturated rings. The highest BCUT2D eigenvalue weighted by Crippen LogP contribution is 2.33. The molecule has 0 aliphatic carbocycles. The van der Waals surface area contributed by atoms with Crippen molar-refractivity contribution in [2.45, 2.75) is 13.1 Å². The number of carbonyl (C=O) groups excluding carboxylic acids is 1. The third kappa shape index (κ3) is 3.15. The van der Waals surface area contributed by atoms with E-state index in [9.17, 15) is 18.0 Å². The van der Waals surface area contributed by atoms with Crippen molar-refractivity contribution in [2.75, 3.05) is 31.1 Å². The molecule has 8 heteroatoms. The van der Waals surface area contributed by atoms with E-state index in [1.165, 1.54) is 6.92 Å². The molecule has 4 nitrogen and oxygen atoms in total. The second-order valence-electron chi connectivity index (χ2n) is 4.52. The van der Waals surface area contributed by atoms with E-state index in [1.54, 1.807) is 9.80 Å². The Labute approximate surface area is 119 Å². The first-order valence-corrected chi connectivity index (χ1v) is 6.40. The summed E-state index contributed by atoms with van der Waals surface area (Å²) in [6.45, 7) is 3.50. The summed E-state index contributed by atoms with van der Waals surface area (Å²) in [5, 5.41) is -0.0314. The first-order valence-electron chi connectivity index (χ1n) is 6.02. The van der Waals surface area contributed by atoms with Gasteiger partial charge in [0.1, 0.15) is 5.82 Å². The number of hydrogen-bond acceptors (Lipinski definition) is 3. The maximum atomic E-state index is 12.5. The van der Waals surface area contributed by atoms with E-state index in [0.29, 0.717) is 32.0 Å². The summed E-state index contributed by atoms with van der Waals surface area (Å²) in [5.74, 6) is 0.305. The molecule has 2 heterocycles. The van der Waals surface area contributed by atoms with Gasteiger partial charge in [0.2, 0.25) is 5.91 Å². The number of amides is 1. The van der Waals surface area contributed by atoms with Gasteiger partial charge in [-0.1, -0.05) is 11.6 Å². The van der Waals surface area contributed by atoms with Crippen LogP contribution in [0.1, 0.15) is 12.5 Å². The summed E-state index contributed by atoms with van der Waals surface area (Å²) < 4.78 is 37.6. The monoisotopic (exact) mass is 307 g/mol. The highest BCUT2D eigenvalue weighted by molar-refractivity contribution is 6.33. The molecule has 0 bridgehead atoms. The molecule has 0 spiro atoms. The number of carbonyl (C=O) groups is 1. The van der Waals surface area contributed by atoms with E-state index < -0.39 is 11.7 Å². The lowest BCUT2D eigenvalue weighted by molar-refractivity contribution is -0.137. The molecule has 2 rings (SSSR count). The normalized spacial score (nSPS) is 16.4. The number of pyridine rings is 1. The predicted octanol–water partition coefficient (Wildman–Crippen LogP) is 2.42. The molecule has 1 aromatic rings. The summed E-state index contributed by atoms with van der Waals surface area (Å²) in [6, 6.07) is 0.876. The van der Waals surface area contributed by atoms with Crippen molar-refractivity contribution < 1.29 is 18.0 Å². The van der Waals surface area contributed by atoms with Gasteiger partial charge < -0.3 is 9.80 Å². The van der Waals surface area contributed by atoms with Gasteiger partial charge in [0, 0.05) is 39.3 Å². The SMILES string of the molecule is CC(=O)N1CCN(c2ncc(C(F)(F)F)cc2Cl)CC1. The number of rotatable bonds is 1. The van der Waals surface area contributed by atoms with Crippen LogP contribution in [0, 0.1) is 0 Å². The smallest absolute Gasteiger partial charge is 0.352 e. The third-order valence-electron chi connectivity index (χ3n) is 3.17. The Bertz CT molecular complexity index is 513. The Kier molecular flexibility index (Phi) is 4.08. The van der Waals surface area contributed by atoms with Gasteiger partial charge >= 0.3 is 6.18 Å². The minimum atomic E-state index is -4.46. The van der Waals surface area contributed by atoms with Gasteiger partial charge in [-0.25, -0.2) is 4.98 Å². The van der Waals surface area contributed by atoms with Gasteiger partial charge in [-0.05, 0) is 6.07 Å². The van der Waals surface area contributed by atoms with Crippen molar-refractivity contribution in [1.82, 2.24) is 9.88 Å². The average Bonchev–Trinajstić information content (AvgIpc) is 2.37. The Morgan fingerprint density at radius 2 is 1.90 bits per heavy atom. The van der Waals surface area contributed by atoms with E-state index in [4.69, 9.17) is 11.6 Å². The van der Waals surface area contributed by atoms with Crippen molar-refractivity contribution in [1.29, 1.82) is 0 Å². The highest BCUT2D eigenvalue weighted by atomic mass is 35.5. The molecule has 1 saturated heterocycles. The zero-order valence-electron chi connectivity index (χ0n) is 10.7. The van der Waals surface area contributed by atoms with Crippen LogP contribution in [0.25, 0.3) is 0 Å². The van der Waals surface area contributed by atoms with Gasteiger partial charge in [0.25, 0.3) is 0 Å². The van der Waals surface area contributed by atoms with Gasteiger partial charge in [0.15, 0.2) is 0 Å². The molecule has 110 valence electrons. The van der Waals surface area contributed by atoms with Crippen molar-refractivity contribution in [3.63, 3.8) is 0 Å². The largest absolute Gasteiger partial charge is 0.417 e. The lowest BCUT2D eigenvalue weighted by Gasteiger charge is -2.35. The van der Waals surface area contributed by atoms with E-state index in [1.807, 2.05) is 0 Å². The zero-order chi connectivity index (χ0) is 14.9. The summed E-state index contributed by atoms with van der Waals surface area (Å²) in [5.41, 5.74) is -0.867. The maximum Gasteiger partial charge on any atom is 0.417 e. The minimum absolute atomic E-state index is 0.0175. The molecule has 0 atom stereocenters. The topological polar surface area (TPSA) is 36.4 Å². The van der Waals surface area contributed by atoms with Crippen LogP contribution in [-0.2, 0) is 11.0 Å². The van der Waals surface area contributed by atoms with Crippen LogP contribution in [0.5, 0.6) is 0 Å². The number of aromatic nitrogens is 1. The standard InChI is InChI=1S/C12H13ClF3N3O/c1-8(20)18-2-4-19(5-3-18)11-10(13)6-9(7-17-11)12(14,15)16/h6-7H,2-5H2,1H3. The van der Waals surface area contributed by atoms with Crippen LogP contribution in [0.4, 0.5) is 19.0 Å². The maximum absolute atomic E-state index is 12.5. The van der Waals surface area contributed by atoms with Gasteiger partial charge in [0.05, 0.1) is 10.6 Å². The molecule has 0 radical (unpaired) electrons. The van der Waals surface area contributed by atoms with E-state index in [2.05, 4.69) is 4.98 Å². The first kappa shape index (κ1) is 14.9. The molecular weight excluding hydrogens is 295 g/mol. The van der Waals surface area contributed by atoms with E-state index in [-0.39, 0.29) is 10.9 Å². The van der Waals surface area contributed by atoms with Crippen LogP contribution in [0.3, 0.4) is 0 Å². The molecule has 0 aromatic carbocycles. The average molecular weight is 308 g/mol. The fraction of sp³-hybridized carbons (Fsp3) is 0.500. The number of nitrogens with zero attached hydrogens (tertiary/aromatic N) is 3.